The van der Waals surface area contributed by atoms with E-state index in [2.05, 4.69) is 10.6 Å². The summed E-state index contributed by atoms with van der Waals surface area (Å²) in [4.78, 5) is 25.5. The smallest absolute Gasteiger partial charge is 0.217 e. The zero-order valence-corrected chi connectivity index (χ0v) is 73.4. The molecule has 0 aromatic carbocycles. The molecule has 38 N–H and O–H groups in total. The minimum absolute atomic E-state index is 0.840. The van der Waals surface area contributed by atoms with E-state index in [-0.39, 0.29) is 0 Å². The second-order valence-electron chi connectivity index (χ2n) is 35.2. The third-order valence-electron chi connectivity index (χ3n) is 25.9. The van der Waals surface area contributed by atoms with Crippen LogP contribution in [0.2, 0.25) is 0 Å². The van der Waals surface area contributed by atoms with Crippen LogP contribution in [0, 0.1) is 0 Å². The van der Waals surface area contributed by atoms with Gasteiger partial charge in [-0.15, -0.1) is 0 Å². The molecule has 60 atom stereocenters. The maximum atomic E-state index is 13.2. The van der Waals surface area contributed by atoms with Crippen LogP contribution in [0.25, 0.3) is 0 Å². The van der Waals surface area contributed by atoms with Crippen LogP contribution in [-0.2, 0) is 119 Å². The first-order valence-electron chi connectivity index (χ1n) is 44.2. The van der Waals surface area contributed by atoms with Gasteiger partial charge in [0.2, 0.25) is 11.8 Å². The molecule has 2 amide bonds. The van der Waals surface area contributed by atoms with Crippen LogP contribution >= 0.6 is 0 Å². The van der Waals surface area contributed by atoms with Gasteiger partial charge in [0.1, 0.15) is 293 Å². The van der Waals surface area contributed by atoms with E-state index in [9.17, 15) is 193 Å². The van der Waals surface area contributed by atoms with Crippen molar-refractivity contribution in [1.29, 1.82) is 0 Å². The number of nitrogens with one attached hydrogen (secondary N) is 2. The van der Waals surface area contributed by atoms with E-state index in [0.29, 0.717) is 0 Å². The summed E-state index contributed by atoms with van der Waals surface area (Å²) < 4.78 is 136. The molecule has 12 heterocycles. The second-order valence-corrected chi connectivity index (χ2v) is 35.2. The topological polar surface area (TPSA) is 999 Å². The van der Waals surface area contributed by atoms with E-state index in [1.165, 1.54) is 0 Å². The molecule has 0 bridgehead atoms. The maximum Gasteiger partial charge on any atom is 0.217 e. The fraction of sp³-hybridized carbons (Fsp3) is 0.974. The summed E-state index contributed by atoms with van der Waals surface area (Å²) in [5.74, 6) is -1.86. The van der Waals surface area contributed by atoms with E-state index < -0.39 is 459 Å². The van der Waals surface area contributed by atoms with Gasteiger partial charge in [-0.1, -0.05) is 0 Å². The molecule has 12 aliphatic rings. The van der Waals surface area contributed by atoms with Crippen LogP contribution in [-0.4, -0.2) is 643 Å². The average molecular weight is 2050 g/mol. The zero-order chi connectivity index (χ0) is 102. The number of amides is 2. The average Bonchev–Trinajstić information content (AvgIpc) is 0.764. The summed E-state index contributed by atoms with van der Waals surface area (Å²) in [6.07, 6.45) is -130. The van der Waals surface area contributed by atoms with Gasteiger partial charge in [-0.05, 0) is 0 Å². The summed E-state index contributed by atoms with van der Waals surface area (Å²) >= 11 is 0. The van der Waals surface area contributed by atoms with E-state index in [1.807, 2.05) is 0 Å². The van der Waals surface area contributed by atoms with Crippen LogP contribution in [0.15, 0.2) is 0 Å². The van der Waals surface area contributed by atoms with Gasteiger partial charge < -0.3 is 303 Å². The molecule has 63 nitrogen and oxygen atoms in total. The van der Waals surface area contributed by atoms with Crippen molar-refractivity contribution in [2.24, 2.45) is 0 Å². The number of hydrogen-bond acceptors (Lipinski definition) is 61. The number of ether oxygens (including phenoxy) is 23. The summed E-state index contributed by atoms with van der Waals surface area (Å²) in [5.41, 5.74) is 0. The first-order valence-corrected chi connectivity index (χ1v) is 44.2. The Kier molecular flexibility index (Phi) is 41.0. The van der Waals surface area contributed by atoms with Crippen molar-refractivity contribution in [2.75, 3.05) is 79.3 Å². The Hall–Kier alpha value is -3.42. The third kappa shape index (κ3) is 24.5. The van der Waals surface area contributed by atoms with E-state index >= 15 is 0 Å². The molecule has 63 heteroatoms. The lowest BCUT2D eigenvalue weighted by Gasteiger charge is -2.51. The highest BCUT2D eigenvalue weighted by Crippen LogP contribution is 2.43. The quantitative estimate of drug-likeness (QED) is 0.0277. The Morgan fingerprint density at radius 3 is 0.734 bits per heavy atom. The molecule has 0 radical (unpaired) electrons. The lowest BCUT2D eigenvalue weighted by Crippen LogP contribution is -2.70. The minimum Gasteiger partial charge on any atom is -0.394 e. The fourth-order valence-corrected chi connectivity index (χ4v) is 17.9. The van der Waals surface area contributed by atoms with Gasteiger partial charge in [-0.2, -0.15) is 0 Å². The molecular formula is C76H128N2O61. The number of aliphatic hydroxyl groups excluding tert-OH is 36. The van der Waals surface area contributed by atoms with E-state index in [1.54, 1.807) is 0 Å². The van der Waals surface area contributed by atoms with Gasteiger partial charge in [-0.3, -0.25) is 9.59 Å². The SMILES string of the molecule is CC(=O)N[C@@H]1[C@@H](O)[C@H](O[C@H]2O[C@H](CO)[C@@H](O[C@@H]3O[C@H](CO[C@H]4O[C@H](CO[C@H]5O[C@H](CO)[C@@H](O)[C@H](O)[C@@H]5O[C@H]5O[C@H](CO)[C@@H](O)[C@H](O)[C@@H]5O)[C@@H](O)[C@H](O[C@H]5O[C@H](CO)[C@@H](O)[C@H](O)[C@@H]5O[C@H]5O[C@H](CO)[C@@H](O)[C@H](O)[C@@H]5O)[C@@H]4O)[C@@H](O)[C@H](O[C@H]4O[C@H](CO)[C@@H](O)[C@H](O)[C@@H]4O[C@H]4O[C@H](CO)[C@@H](O)[C@H](O)[C@@H]4O[C@H]4O[C@H](CO)[C@@H](O)[C@H](O[C@H]5O[C@H](CO)[C@@H](O)[C@H](O)[C@H]5O)[C@@H]4O)[C@@H]3O)[C@H](O)[C@H]2NC(C)=O)[C@@H](CO)O[C@H]1O. The van der Waals surface area contributed by atoms with Gasteiger partial charge in [0.05, 0.1) is 79.3 Å². The zero-order valence-electron chi connectivity index (χ0n) is 73.4. The van der Waals surface area contributed by atoms with Crippen molar-refractivity contribution in [3.63, 3.8) is 0 Å². The van der Waals surface area contributed by atoms with Crippen LogP contribution in [0.4, 0.5) is 0 Å². The van der Waals surface area contributed by atoms with Gasteiger partial charge in [0, 0.05) is 13.8 Å². The van der Waals surface area contributed by atoms with Crippen LogP contribution in [0.1, 0.15) is 13.8 Å². The maximum absolute atomic E-state index is 13.2. The molecule has 12 fully saturated rings. The monoisotopic (exact) mass is 2040 g/mol. The molecule has 0 aromatic rings. The van der Waals surface area contributed by atoms with Crippen molar-refractivity contribution >= 4 is 11.8 Å². The highest BCUT2D eigenvalue weighted by Gasteiger charge is 2.63. The molecule has 12 aliphatic heterocycles. The Balaban J connectivity index is 0.905. The Morgan fingerprint density at radius 1 is 0.187 bits per heavy atom. The van der Waals surface area contributed by atoms with Gasteiger partial charge in [0.15, 0.2) is 75.5 Å². The van der Waals surface area contributed by atoms with Crippen molar-refractivity contribution < 1.29 is 302 Å². The Bertz CT molecular complexity index is 3730. The summed E-state index contributed by atoms with van der Waals surface area (Å²) in [5, 5.41) is 408. The molecule has 12 rings (SSSR count). The van der Waals surface area contributed by atoms with Gasteiger partial charge in [0.25, 0.3) is 0 Å². The Morgan fingerprint density at radius 2 is 0.396 bits per heavy atom. The molecular weight excluding hydrogens is 1920 g/mol. The highest BCUT2D eigenvalue weighted by atomic mass is 16.8. The normalized spacial score (nSPS) is 51.9. The summed E-state index contributed by atoms with van der Waals surface area (Å²) in [7, 11) is 0. The number of carbonyl (C=O) groups is 2. The van der Waals surface area contributed by atoms with Crippen LogP contribution in [0.3, 0.4) is 0 Å². The largest absolute Gasteiger partial charge is 0.394 e. The van der Waals surface area contributed by atoms with Crippen molar-refractivity contribution in [2.45, 2.75) is 382 Å². The second kappa shape index (κ2) is 49.8. The number of carbonyl (C=O) groups excluding carboxylic acids is 2. The van der Waals surface area contributed by atoms with Crippen molar-refractivity contribution in [3.05, 3.63) is 0 Å². The summed E-state index contributed by atoms with van der Waals surface area (Å²) in [6, 6.07) is -3.77. The molecule has 808 valence electrons. The molecule has 12 saturated heterocycles. The minimum atomic E-state index is -2.75. The van der Waals surface area contributed by atoms with Crippen LogP contribution < -0.4 is 10.6 Å². The van der Waals surface area contributed by atoms with Gasteiger partial charge in [-0.25, -0.2) is 0 Å². The fourth-order valence-electron chi connectivity index (χ4n) is 17.9. The molecule has 0 aromatic heterocycles. The van der Waals surface area contributed by atoms with Gasteiger partial charge >= 0.3 is 0 Å². The lowest BCUT2D eigenvalue weighted by molar-refractivity contribution is -0.411. The lowest BCUT2D eigenvalue weighted by atomic mass is 9.94. The predicted molar refractivity (Wildman–Crippen MR) is 418 cm³/mol. The highest BCUT2D eigenvalue weighted by molar-refractivity contribution is 5.73. The van der Waals surface area contributed by atoms with Crippen molar-refractivity contribution in [3.8, 4) is 0 Å². The standard InChI is InChI=1S/C76H128N2O61/c1-15(89)77-29-41(101)56(25(11-87)119-65(29)116)131-66-30(78-16(2)90)42(102)57(26(12-88)128-66)132-72-55(115)60(135-75-64(49(109)37(97)22(8-84)126-75)139-76-63(48(108)36(96)23(9-85)127-76)138-71-54(114)58(38(98)24(10-86)123-71)133-68-50(110)43(103)31(91)17(3-79)120-68)40(100)28(130-72)13-117-67-53(113)59(134-74-62(47(107)35(95)21(7-83)125-74)137-70-52(112)45(105)33(93)19(5-81)122-70)39(99)27(129-67)14-118-73-61(46(106)34(94)20(6-82)124-73)136-69-51(111)44(104)32(92)18(4-80)121-69/h17-76,79-88,91-116H,3-14H2,1-2H3,(H,77,89)(H,78,90)/t17-,18-,19-,20-,21-,22-,23-,24-,25-,26-,27-,28-,29-,30-,31-,32-,33-,34-,35-,36-,37-,38-,39-,40-,41-,42-,43+,44+,45+,46+,47+,48+,49+,50-,51+,52+,53+,54+,55+,56-,57-,58+,59+,60+,61+,62+,63+,64+,65-,66-,67+,68-,69-,70-,71-,72+,73+,74-,75-,76-/m1/s1. The first kappa shape index (κ1) is 114. The summed E-state index contributed by atoms with van der Waals surface area (Å²) in [6.45, 7) is -12.4. The molecule has 0 spiro atoms. The number of aliphatic hydroxyl groups is 36. The third-order valence-corrected chi connectivity index (χ3v) is 25.9. The molecule has 0 unspecified atom stereocenters. The number of hydrogen-bond donors (Lipinski definition) is 38. The molecule has 0 aliphatic carbocycles. The van der Waals surface area contributed by atoms with E-state index in [0.717, 1.165) is 13.8 Å². The number of rotatable bonds is 36. The molecule has 139 heavy (non-hydrogen) atoms. The van der Waals surface area contributed by atoms with E-state index in [4.69, 9.17) is 109 Å². The molecule has 0 saturated carbocycles. The predicted octanol–water partition coefficient (Wildman–Crippen LogP) is -26.9. The first-order chi connectivity index (χ1) is 65.9. The van der Waals surface area contributed by atoms with Crippen LogP contribution in [0.5, 0.6) is 0 Å². The van der Waals surface area contributed by atoms with Crippen molar-refractivity contribution in [1.82, 2.24) is 10.6 Å². The Labute approximate surface area is 784 Å².